The molecule has 0 radical (unpaired) electrons. The zero-order chi connectivity index (χ0) is 17.1. The highest BCUT2D eigenvalue weighted by Crippen LogP contribution is 2.33. The summed E-state index contributed by atoms with van der Waals surface area (Å²) in [6, 6.07) is 11.1. The number of esters is 1. The van der Waals surface area contributed by atoms with Crippen LogP contribution in [0.3, 0.4) is 0 Å². The number of piperidine rings is 1. The fraction of sp³-hybridized carbons (Fsp3) is 0.632. The maximum Gasteiger partial charge on any atom is 0.308 e. The van der Waals surface area contributed by atoms with Crippen molar-refractivity contribution in [3.8, 4) is 0 Å². The van der Waals surface area contributed by atoms with Crippen LogP contribution in [0.15, 0.2) is 30.3 Å². The molecular weight excluding hydrogens is 304 g/mol. The summed E-state index contributed by atoms with van der Waals surface area (Å²) in [5.74, 6) is -0.338. The number of hydrogen-bond donors (Lipinski definition) is 1. The van der Waals surface area contributed by atoms with Crippen molar-refractivity contribution in [3.05, 3.63) is 30.3 Å². The predicted molar refractivity (Wildman–Crippen MR) is 94.0 cm³/mol. The number of benzene rings is 1. The molecule has 2 fully saturated rings. The second-order valence-corrected chi connectivity index (χ2v) is 7.04. The van der Waals surface area contributed by atoms with E-state index in [4.69, 9.17) is 4.74 Å². The first-order chi connectivity index (χ1) is 11.6. The number of anilines is 1. The van der Waals surface area contributed by atoms with Gasteiger partial charge in [0.25, 0.3) is 0 Å². The van der Waals surface area contributed by atoms with E-state index in [0.29, 0.717) is 18.9 Å². The predicted octanol–water partition coefficient (Wildman–Crippen LogP) is 1.90. The van der Waals surface area contributed by atoms with Crippen molar-refractivity contribution >= 4 is 11.7 Å². The quantitative estimate of drug-likeness (QED) is 0.854. The third-order valence-electron chi connectivity index (χ3n) is 5.71. The maximum atomic E-state index is 11.7. The molecule has 3 atom stereocenters. The summed E-state index contributed by atoms with van der Waals surface area (Å²) in [6.07, 6.45) is 2.99. The fourth-order valence-corrected chi connectivity index (χ4v) is 4.22. The van der Waals surface area contributed by atoms with Gasteiger partial charge in [0, 0.05) is 37.9 Å². The van der Waals surface area contributed by atoms with Gasteiger partial charge in [0.15, 0.2) is 0 Å². The van der Waals surface area contributed by atoms with Crippen LogP contribution in [0.2, 0.25) is 0 Å². The molecule has 1 heterocycles. The van der Waals surface area contributed by atoms with Gasteiger partial charge < -0.3 is 14.7 Å². The Morgan fingerprint density at radius 2 is 1.88 bits per heavy atom. The molecule has 0 amide bonds. The number of methoxy groups -OCH3 is 1. The minimum absolute atomic E-state index is 0.0945. The van der Waals surface area contributed by atoms with Gasteiger partial charge in [0.2, 0.25) is 0 Å². The molecule has 5 heteroatoms. The van der Waals surface area contributed by atoms with Crippen LogP contribution >= 0.6 is 0 Å². The molecule has 0 spiro atoms. The van der Waals surface area contributed by atoms with Crippen molar-refractivity contribution in [2.75, 3.05) is 32.1 Å². The molecule has 1 aromatic carbocycles. The molecule has 1 saturated heterocycles. The summed E-state index contributed by atoms with van der Waals surface area (Å²) in [6.45, 7) is 1.94. The smallest absolute Gasteiger partial charge is 0.308 e. The molecule has 1 aliphatic heterocycles. The van der Waals surface area contributed by atoms with E-state index in [2.05, 4.69) is 41.1 Å². The summed E-state index contributed by atoms with van der Waals surface area (Å²) < 4.78 is 4.84. The van der Waals surface area contributed by atoms with Crippen LogP contribution in [0.1, 0.15) is 25.7 Å². The number of hydrogen-bond acceptors (Lipinski definition) is 5. The molecule has 1 aromatic rings. The van der Waals surface area contributed by atoms with E-state index in [-0.39, 0.29) is 17.9 Å². The van der Waals surface area contributed by atoms with E-state index in [9.17, 15) is 9.90 Å². The number of ether oxygens (including phenoxy) is 1. The number of carbonyl (C=O) groups excluding carboxylic acids is 1. The Morgan fingerprint density at radius 1 is 1.21 bits per heavy atom. The van der Waals surface area contributed by atoms with Crippen LogP contribution in [0.5, 0.6) is 0 Å². The van der Waals surface area contributed by atoms with E-state index in [0.717, 1.165) is 25.9 Å². The van der Waals surface area contributed by atoms with E-state index in [1.54, 1.807) is 0 Å². The van der Waals surface area contributed by atoms with Crippen LogP contribution in [0.25, 0.3) is 0 Å². The largest absolute Gasteiger partial charge is 0.469 e. The van der Waals surface area contributed by atoms with Crippen molar-refractivity contribution in [3.63, 3.8) is 0 Å². The summed E-state index contributed by atoms with van der Waals surface area (Å²) in [7, 11) is 3.58. The van der Waals surface area contributed by atoms with Gasteiger partial charge in [-0.15, -0.1) is 0 Å². The summed E-state index contributed by atoms with van der Waals surface area (Å²) >= 11 is 0. The molecule has 24 heavy (non-hydrogen) atoms. The second kappa shape index (κ2) is 7.53. The van der Waals surface area contributed by atoms with E-state index < -0.39 is 6.10 Å². The van der Waals surface area contributed by atoms with Crippen LogP contribution < -0.4 is 4.90 Å². The third-order valence-corrected chi connectivity index (χ3v) is 5.71. The van der Waals surface area contributed by atoms with Gasteiger partial charge in [-0.2, -0.15) is 0 Å². The lowest BCUT2D eigenvalue weighted by Crippen LogP contribution is -2.49. The van der Waals surface area contributed by atoms with Gasteiger partial charge in [-0.1, -0.05) is 18.2 Å². The number of rotatable bonds is 4. The Morgan fingerprint density at radius 3 is 2.50 bits per heavy atom. The minimum Gasteiger partial charge on any atom is -0.469 e. The standard InChI is InChI=1S/C19H28N2O3/c1-20(15-6-4-3-5-7-15)16-8-10-21(11-9-16)17-12-14(13-18(17)22)19(23)24-2/h3-7,14,16-18,22H,8-13H2,1-2H3/t14-,17-,18-/m0/s1. The molecule has 1 saturated carbocycles. The van der Waals surface area contributed by atoms with Crippen molar-refractivity contribution in [2.24, 2.45) is 5.92 Å². The summed E-state index contributed by atoms with van der Waals surface area (Å²) in [5.41, 5.74) is 1.25. The minimum atomic E-state index is -0.419. The lowest BCUT2D eigenvalue weighted by atomic mass is 10.00. The normalized spacial score (nSPS) is 28.7. The average molecular weight is 332 g/mol. The van der Waals surface area contributed by atoms with Gasteiger partial charge in [-0.05, 0) is 37.8 Å². The molecular formula is C19H28N2O3. The van der Waals surface area contributed by atoms with Gasteiger partial charge in [0.1, 0.15) is 0 Å². The first-order valence-corrected chi connectivity index (χ1v) is 8.88. The van der Waals surface area contributed by atoms with Gasteiger partial charge in [0.05, 0.1) is 19.1 Å². The van der Waals surface area contributed by atoms with Crippen molar-refractivity contribution in [1.29, 1.82) is 0 Å². The van der Waals surface area contributed by atoms with E-state index in [1.807, 2.05) is 6.07 Å². The van der Waals surface area contributed by atoms with Gasteiger partial charge in [-0.3, -0.25) is 9.69 Å². The number of carbonyl (C=O) groups is 1. The zero-order valence-electron chi connectivity index (χ0n) is 14.6. The zero-order valence-corrected chi connectivity index (χ0v) is 14.6. The van der Waals surface area contributed by atoms with Crippen LogP contribution in [0.4, 0.5) is 5.69 Å². The number of aliphatic hydroxyl groups is 1. The molecule has 0 unspecified atom stereocenters. The molecule has 2 aliphatic rings. The monoisotopic (exact) mass is 332 g/mol. The average Bonchev–Trinajstić information content (AvgIpc) is 3.03. The highest BCUT2D eigenvalue weighted by Gasteiger charge is 2.41. The second-order valence-electron chi connectivity index (χ2n) is 7.04. The van der Waals surface area contributed by atoms with Crippen molar-refractivity contribution in [2.45, 2.75) is 43.9 Å². The fourth-order valence-electron chi connectivity index (χ4n) is 4.22. The Bertz CT molecular complexity index is 543. The number of aliphatic hydroxyl groups excluding tert-OH is 1. The highest BCUT2D eigenvalue weighted by molar-refractivity contribution is 5.72. The Hall–Kier alpha value is -1.59. The van der Waals surface area contributed by atoms with Crippen molar-refractivity contribution in [1.82, 2.24) is 4.90 Å². The Kier molecular flexibility index (Phi) is 5.41. The topological polar surface area (TPSA) is 53.0 Å². The van der Waals surface area contributed by atoms with Gasteiger partial charge >= 0.3 is 5.97 Å². The molecule has 5 nitrogen and oxygen atoms in total. The molecule has 0 aromatic heterocycles. The maximum absolute atomic E-state index is 11.7. The van der Waals surface area contributed by atoms with Gasteiger partial charge in [-0.25, -0.2) is 0 Å². The first kappa shape index (κ1) is 17.2. The van der Waals surface area contributed by atoms with Crippen LogP contribution in [-0.2, 0) is 9.53 Å². The molecule has 132 valence electrons. The third kappa shape index (κ3) is 3.57. The number of nitrogens with zero attached hydrogens (tertiary/aromatic N) is 2. The molecule has 1 N–H and O–H groups in total. The van der Waals surface area contributed by atoms with Crippen molar-refractivity contribution < 1.29 is 14.6 Å². The molecule has 1 aliphatic carbocycles. The summed E-state index contributed by atoms with van der Waals surface area (Å²) in [4.78, 5) is 16.5. The molecule has 0 bridgehead atoms. The summed E-state index contributed by atoms with van der Waals surface area (Å²) in [5, 5.41) is 10.3. The number of likely N-dealkylation sites (tertiary alicyclic amines) is 1. The Balaban J connectivity index is 1.55. The molecule has 3 rings (SSSR count). The lowest BCUT2D eigenvalue weighted by molar-refractivity contribution is -0.145. The SMILES string of the molecule is COC(=O)[C@@H]1C[C@H](O)[C@@H](N2CCC(N(C)c3ccccc3)CC2)C1. The van der Waals surface area contributed by atoms with Crippen LogP contribution in [-0.4, -0.2) is 61.4 Å². The number of para-hydroxylation sites is 1. The highest BCUT2D eigenvalue weighted by atomic mass is 16.5. The first-order valence-electron chi connectivity index (χ1n) is 8.88. The van der Waals surface area contributed by atoms with E-state index >= 15 is 0 Å². The van der Waals surface area contributed by atoms with E-state index in [1.165, 1.54) is 12.8 Å². The lowest BCUT2D eigenvalue weighted by Gasteiger charge is -2.41. The van der Waals surface area contributed by atoms with Crippen LogP contribution in [0, 0.1) is 5.92 Å². The Labute approximate surface area is 144 Å².